The van der Waals surface area contributed by atoms with E-state index in [2.05, 4.69) is 15.6 Å². The molecule has 1 amide bonds. The average Bonchev–Trinajstić information content (AvgIpc) is 3.41. The van der Waals surface area contributed by atoms with Crippen molar-refractivity contribution in [2.24, 2.45) is 10.9 Å². The molecule has 0 aliphatic heterocycles. The molecule has 1 unspecified atom stereocenters. The Labute approximate surface area is 204 Å². The van der Waals surface area contributed by atoms with Gasteiger partial charge in [-0.05, 0) is 54.8 Å². The second-order valence-electron chi connectivity index (χ2n) is 7.70. The molecule has 170 valence electrons. The Bertz CT molecular complexity index is 872. The molecule has 1 atom stereocenters. The number of carbonyl (C=O) groups excluding carboxylic acids is 1. The molecule has 0 bridgehead atoms. The number of hydrogen-bond acceptors (Lipinski definition) is 4. The van der Waals surface area contributed by atoms with E-state index in [-0.39, 0.29) is 48.3 Å². The van der Waals surface area contributed by atoms with Crippen molar-refractivity contribution in [3.63, 3.8) is 0 Å². The molecule has 9 heteroatoms. The topological polar surface area (TPSA) is 66.0 Å². The first-order chi connectivity index (χ1) is 14.4. The molecule has 6 nitrogen and oxygen atoms in total. The lowest BCUT2D eigenvalue weighted by Crippen LogP contribution is -2.39. The maximum Gasteiger partial charge on any atom is 0.243 e. The molecule has 3 rings (SSSR count). The Morgan fingerprint density at radius 2 is 2.13 bits per heavy atom. The van der Waals surface area contributed by atoms with Crippen LogP contribution in [-0.4, -0.2) is 44.0 Å². The van der Waals surface area contributed by atoms with Crippen LogP contribution in [0.4, 0.5) is 4.39 Å². The third-order valence-corrected chi connectivity index (χ3v) is 5.74. The Morgan fingerprint density at radius 3 is 2.74 bits per heavy atom. The highest BCUT2D eigenvalue weighted by atomic mass is 127. The van der Waals surface area contributed by atoms with Crippen molar-refractivity contribution in [3.05, 3.63) is 52.0 Å². The number of rotatable bonds is 9. The van der Waals surface area contributed by atoms with Crippen LogP contribution in [0.15, 0.2) is 40.7 Å². The third-order valence-electron chi connectivity index (χ3n) is 4.86. The number of carbonyl (C=O) groups is 1. The van der Waals surface area contributed by atoms with Crippen molar-refractivity contribution in [1.29, 1.82) is 0 Å². The van der Waals surface area contributed by atoms with Crippen molar-refractivity contribution in [2.75, 3.05) is 27.2 Å². The summed E-state index contributed by atoms with van der Waals surface area (Å²) in [5.41, 5.74) is 0.774. The van der Waals surface area contributed by atoms with E-state index in [9.17, 15) is 9.18 Å². The molecule has 0 saturated heterocycles. The van der Waals surface area contributed by atoms with E-state index >= 15 is 0 Å². The first-order valence-corrected chi connectivity index (χ1v) is 11.0. The molecule has 1 aliphatic rings. The number of hydrogen-bond donors (Lipinski definition) is 2. The normalized spacial score (nSPS) is 14.4. The van der Waals surface area contributed by atoms with Gasteiger partial charge in [0, 0.05) is 19.0 Å². The van der Waals surface area contributed by atoms with Gasteiger partial charge in [0.25, 0.3) is 0 Å². The fourth-order valence-corrected chi connectivity index (χ4v) is 3.35. The quantitative estimate of drug-likeness (QED) is 0.275. The number of nitrogens with zero attached hydrogens (tertiary/aromatic N) is 2. The fourth-order valence-electron chi connectivity index (χ4n) is 2.71. The van der Waals surface area contributed by atoms with Gasteiger partial charge < -0.3 is 20.3 Å². The van der Waals surface area contributed by atoms with Gasteiger partial charge in [0.15, 0.2) is 17.5 Å². The molecule has 2 aromatic rings. The summed E-state index contributed by atoms with van der Waals surface area (Å²) in [6.07, 6.45) is 2.33. The highest BCUT2D eigenvalue weighted by Gasteiger charge is 2.22. The van der Waals surface area contributed by atoms with Crippen LogP contribution < -0.4 is 15.4 Å². The summed E-state index contributed by atoms with van der Waals surface area (Å²) in [6, 6.07) is 8.82. The molecule has 1 aromatic heterocycles. The molecular formula is C22H30FIN4O2S. The number of likely N-dealkylation sites (N-methyl/N-ethyl adjacent to an activating group) is 1. The van der Waals surface area contributed by atoms with E-state index in [1.165, 1.54) is 11.0 Å². The maximum atomic E-state index is 14.4. The van der Waals surface area contributed by atoms with Gasteiger partial charge in [0.05, 0.1) is 19.2 Å². The SMILES string of the molecule is CC(NC(=NCC(=O)N(C)C)NCc1cccs1)c1ccc(OCC2CC2)c(F)c1.I. The van der Waals surface area contributed by atoms with Crippen molar-refractivity contribution >= 4 is 47.2 Å². The van der Waals surface area contributed by atoms with Gasteiger partial charge in [-0.3, -0.25) is 4.79 Å². The molecule has 0 spiro atoms. The van der Waals surface area contributed by atoms with Crippen LogP contribution in [0, 0.1) is 11.7 Å². The minimum atomic E-state index is -0.366. The minimum Gasteiger partial charge on any atom is -0.490 e. The first kappa shape index (κ1) is 25.4. The summed E-state index contributed by atoms with van der Waals surface area (Å²) in [5, 5.41) is 8.51. The molecule has 1 saturated carbocycles. The van der Waals surface area contributed by atoms with Gasteiger partial charge in [-0.15, -0.1) is 35.3 Å². The van der Waals surface area contributed by atoms with Crippen molar-refractivity contribution in [2.45, 2.75) is 32.4 Å². The van der Waals surface area contributed by atoms with Gasteiger partial charge in [-0.1, -0.05) is 12.1 Å². The van der Waals surface area contributed by atoms with E-state index in [1.807, 2.05) is 30.5 Å². The second-order valence-corrected chi connectivity index (χ2v) is 8.73. The number of halogens is 2. The lowest BCUT2D eigenvalue weighted by Gasteiger charge is -2.19. The number of aliphatic imine (C=N–C) groups is 1. The average molecular weight is 560 g/mol. The van der Waals surface area contributed by atoms with Crippen molar-refractivity contribution in [3.8, 4) is 5.75 Å². The predicted molar refractivity (Wildman–Crippen MR) is 134 cm³/mol. The number of thiophene rings is 1. The van der Waals surface area contributed by atoms with Gasteiger partial charge >= 0.3 is 0 Å². The van der Waals surface area contributed by atoms with E-state index in [1.54, 1.807) is 31.5 Å². The molecule has 31 heavy (non-hydrogen) atoms. The van der Waals surface area contributed by atoms with Crippen molar-refractivity contribution < 1.29 is 13.9 Å². The van der Waals surface area contributed by atoms with E-state index in [0.29, 0.717) is 30.8 Å². The molecule has 1 fully saturated rings. The Balaban J connectivity index is 0.00000341. The number of amides is 1. The second kappa shape index (κ2) is 12.2. The lowest BCUT2D eigenvalue weighted by atomic mass is 10.1. The first-order valence-electron chi connectivity index (χ1n) is 10.1. The molecule has 2 N–H and O–H groups in total. The number of benzene rings is 1. The largest absolute Gasteiger partial charge is 0.490 e. The summed E-state index contributed by atoms with van der Waals surface area (Å²) in [7, 11) is 3.39. The smallest absolute Gasteiger partial charge is 0.243 e. The highest BCUT2D eigenvalue weighted by Crippen LogP contribution is 2.30. The summed E-state index contributed by atoms with van der Waals surface area (Å²) < 4.78 is 20.0. The number of guanidine groups is 1. The Kier molecular flexibility index (Phi) is 10.0. The van der Waals surface area contributed by atoms with E-state index in [0.717, 1.165) is 23.3 Å². The van der Waals surface area contributed by atoms with Gasteiger partial charge in [-0.25, -0.2) is 9.38 Å². The van der Waals surface area contributed by atoms with Crippen LogP contribution in [-0.2, 0) is 11.3 Å². The monoisotopic (exact) mass is 560 g/mol. The summed E-state index contributed by atoms with van der Waals surface area (Å²) >= 11 is 1.64. The van der Waals surface area contributed by atoms with E-state index in [4.69, 9.17) is 4.74 Å². The minimum absolute atomic E-state index is 0. The molecule has 1 aromatic carbocycles. The van der Waals surface area contributed by atoms with Gasteiger partial charge in [0.1, 0.15) is 6.54 Å². The fraction of sp³-hybridized carbons (Fsp3) is 0.455. The number of ether oxygens (including phenoxy) is 1. The molecule has 1 heterocycles. The van der Waals surface area contributed by atoms with Crippen LogP contribution in [0.3, 0.4) is 0 Å². The van der Waals surface area contributed by atoms with Crippen LogP contribution in [0.1, 0.15) is 36.2 Å². The molecule has 1 aliphatic carbocycles. The van der Waals surface area contributed by atoms with Crippen LogP contribution >= 0.6 is 35.3 Å². The van der Waals surface area contributed by atoms with Gasteiger partial charge in [-0.2, -0.15) is 0 Å². The van der Waals surface area contributed by atoms with Crippen LogP contribution in [0.25, 0.3) is 0 Å². The van der Waals surface area contributed by atoms with Crippen LogP contribution in [0.2, 0.25) is 0 Å². The number of nitrogens with one attached hydrogen (secondary N) is 2. The zero-order valence-corrected chi connectivity index (χ0v) is 21.2. The summed E-state index contributed by atoms with van der Waals surface area (Å²) in [6.45, 7) is 3.12. The Hall–Kier alpha value is -1.88. The molecular weight excluding hydrogens is 530 g/mol. The highest BCUT2D eigenvalue weighted by molar-refractivity contribution is 14.0. The zero-order valence-electron chi connectivity index (χ0n) is 18.1. The zero-order chi connectivity index (χ0) is 21.5. The summed E-state index contributed by atoms with van der Waals surface area (Å²) in [4.78, 5) is 19.0. The Morgan fingerprint density at radius 1 is 1.35 bits per heavy atom. The standard InChI is InChI=1S/C22H29FN4O2S.HI/c1-15(17-8-9-20(19(23)11-17)29-14-16-6-7-16)26-22(25-13-21(28)27(2)3)24-12-18-5-4-10-30-18;/h4-5,8-11,15-16H,6-7,12-14H2,1-3H3,(H2,24,25,26);1H. The maximum absolute atomic E-state index is 14.4. The predicted octanol–water partition coefficient (Wildman–Crippen LogP) is 4.18. The summed E-state index contributed by atoms with van der Waals surface area (Å²) in [5.74, 6) is 0.903. The van der Waals surface area contributed by atoms with Crippen molar-refractivity contribution in [1.82, 2.24) is 15.5 Å². The van der Waals surface area contributed by atoms with Crippen LogP contribution in [0.5, 0.6) is 5.75 Å². The third kappa shape index (κ3) is 8.29. The van der Waals surface area contributed by atoms with Gasteiger partial charge in [0.2, 0.25) is 5.91 Å². The lowest BCUT2D eigenvalue weighted by molar-refractivity contribution is -0.127. The van der Waals surface area contributed by atoms with E-state index < -0.39 is 0 Å². The molecule has 0 radical (unpaired) electrons.